The van der Waals surface area contributed by atoms with E-state index >= 15 is 0 Å². The zero-order chi connectivity index (χ0) is 17.7. The molecule has 0 unspecified atom stereocenters. The summed E-state index contributed by atoms with van der Waals surface area (Å²) in [6.07, 6.45) is 6.94. The molecule has 0 atom stereocenters. The quantitative estimate of drug-likeness (QED) is 0.616. The summed E-state index contributed by atoms with van der Waals surface area (Å²) in [6, 6.07) is 6.83. The number of nitrogens with zero attached hydrogens (tertiary/aromatic N) is 1. The minimum absolute atomic E-state index is 0.169. The molecule has 0 N–H and O–H groups in total. The first-order valence-electron chi connectivity index (χ1n) is 7.94. The van der Waals surface area contributed by atoms with Crippen molar-refractivity contribution in [1.29, 1.82) is 0 Å². The lowest BCUT2D eigenvalue weighted by molar-refractivity contribution is -0.238. The van der Waals surface area contributed by atoms with Gasteiger partial charge in [-0.1, -0.05) is 42.5 Å². The van der Waals surface area contributed by atoms with Gasteiger partial charge in [-0.2, -0.15) is 0 Å². The van der Waals surface area contributed by atoms with Crippen LogP contribution in [0.4, 0.5) is 0 Å². The third-order valence-electron chi connectivity index (χ3n) is 4.69. The van der Waals surface area contributed by atoms with E-state index in [9.17, 15) is 14.8 Å². The first-order chi connectivity index (χ1) is 11.2. The van der Waals surface area contributed by atoms with Gasteiger partial charge < -0.3 is 0 Å². The highest BCUT2D eigenvalue weighted by molar-refractivity contribution is 6.39. The predicted molar refractivity (Wildman–Crippen MR) is 91.1 cm³/mol. The monoisotopic (exact) mass is 322 g/mol. The first-order valence-corrected chi connectivity index (χ1v) is 7.94. The summed E-state index contributed by atoms with van der Waals surface area (Å²) in [6.45, 7) is 7.45. The van der Waals surface area contributed by atoms with Gasteiger partial charge in [0, 0.05) is 11.1 Å². The van der Waals surface area contributed by atoms with E-state index in [2.05, 4.69) is 0 Å². The zero-order valence-electron chi connectivity index (χ0n) is 14.3. The zero-order valence-corrected chi connectivity index (χ0v) is 14.3. The summed E-state index contributed by atoms with van der Waals surface area (Å²) >= 11 is 0. The summed E-state index contributed by atoms with van der Waals surface area (Å²) in [5, 5.41) is 13.4. The van der Waals surface area contributed by atoms with Crippen LogP contribution in [-0.2, 0) is 5.21 Å². The van der Waals surface area contributed by atoms with Crippen LogP contribution < -0.4 is 0 Å². The van der Waals surface area contributed by atoms with Gasteiger partial charge in [-0.05, 0) is 39.3 Å². The fourth-order valence-electron chi connectivity index (χ4n) is 3.38. The highest BCUT2D eigenvalue weighted by atomic mass is 16.5. The van der Waals surface area contributed by atoms with Crippen LogP contribution in [0, 0.1) is 0 Å². The van der Waals surface area contributed by atoms with Gasteiger partial charge in [0.25, 0.3) is 0 Å². The van der Waals surface area contributed by atoms with Gasteiger partial charge in [0.1, 0.15) is 0 Å². The lowest BCUT2D eigenvalue weighted by Crippen LogP contribution is -2.46. The highest BCUT2D eigenvalue weighted by Crippen LogP contribution is 2.39. The molecule has 3 rings (SSSR count). The molecule has 1 aliphatic carbocycles. The van der Waals surface area contributed by atoms with E-state index < -0.39 is 11.1 Å². The minimum Gasteiger partial charge on any atom is -0.288 e. The van der Waals surface area contributed by atoms with Crippen molar-refractivity contribution in [2.24, 2.45) is 0 Å². The number of ketones is 2. The molecule has 0 bridgehead atoms. The maximum absolute atomic E-state index is 12.3. The predicted octanol–water partition coefficient (Wildman–Crippen LogP) is 3.69. The Morgan fingerprint density at radius 3 is 1.96 bits per heavy atom. The van der Waals surface area contributed by atoms with E-state index in [-0.39, 0.29) is 17.1 Å². The molecule has 0 amide bonds. The van der Waals surface area contributed by atoms with Gasteiger partial charge >= 0.3 is 0 Å². The number of Topliss-reactive ketones (excluding diaryl/α,β-unsaturated/α-hetero) is 2. The number of rotatable bonds is 2. The number of allylic oxidation sites excluding steroid dienone is 3. The molecule has 2 aliphatic rings. The van der Waals surface area contributed by atoms with Crippen molar-refractivity contribution in [2.75, 3.05) is 0 Å². The van der Waals surface area contributed by atoms with Crippen LogP contribution in [0.3, 0.4) is 0 Å². The van der Waals surface area contributed by atoms with E-state index in [1.54, 1.807) is 42.5 Å². The lowest BCUT2D eigenvalue weighted by atomic mass is 9.96. The van der Waals surface area contributed by atoms with Gasteiger partial charge in [0.15, 0.2) is 11.6 Å². The fraction of sp³-hybridized carbons (Fsp3) is 0.300. The van der Waals surface area contributed by atoms with Crippen LogP contribution in [0.15, 0.2) is 59.7 Å². The Kier molecular flexibility index (Phi) is 3.70. The van der Waals surface area contributed by atoms with Crippen molar-refractivity contribution in [1.82, 2.24) is 5.06 Å². The van der Waals surface area contributed by atoms with Crippen LogP contribution in [0.1, 0.15) is 48.4 Å². The molecular weight excluding hydrogens is 302 g/mol. The largest absolute Gasteiger partial charge is 0.288 e. The van der Waals surface area contributed by atoms with E-state index in [0.717, 1.165) is 10.6 Å². The average molecular weight is 322 g/mol. The summed E-state index contributed by atoms with van der Waals surface area (Å²) in [5.74, 6) is -0.489. The lowest BCUT2D eigenvalue weighted by Gasteiger charge is -2.33. The normalized spacial score (nSPS) is 22.2. The molecule has 0 saturated heterocycles. The topological polar surface area (TPSA) is 57.3 Å². The summed E-state index contributed by atoms with van der Waals surface area (Å²) in [5.41, 5.74) is 0.720. The molecule has 1 aromatic rings. The third kappa shape index (κ3) is 2.39. The number of carbonyl (C=O) groups excluding carboxylic acids is 2. The van der Waals surface area contributed by atoms with Gasteiger partial charge in [0.2, 0.25) is 0 Å². The minimum atomic E-state index is -0.648. The van der Waals surface area contributed by atoms with Crippen molar-refractivity contribution < 1.29 is 14.8 Å². The summed E-state index contributed by atoms with van der Waals surface area (Å²) in [7, 11) is 0. The maximum Gasteiger partial charge on any atom is 0.197 e. The Morgan fingerprint density at radius 1 is 0.958 bits per heavy atom. The smallest absolute Gasteiger partial charge is 0.197 e. The molecule has 4 nitrogen and oxygen atoms in total. The molecule has 0 spiro atoms. The highest BCUT2D eigenvalue weighted by Gasteiger charge is 2.45. The van der Waals surface area contributed by atoms with E-state index in [1.807, 2.05) is 33.8 Å². The second-order valence-electron chi connectivity index (χ2n) is 7.25. The van der Waals surface area contributed by atoms with Crippen LogP contribution in [0.5, 0.6) is 0 Å². The third-order valence-corrected chi connectivity index (χ3v) is 4.69. The molecule has 0 aromatic heterocycles. The molecule has 1 aromatic carbocycles. The molecule has 4 heteroatoms. The van der Waals surface area contributed by atoms with Gasteiger partial charge in [-0.15, -0.1) is 10.3 Å². The molecule has 1 heterocycles. The van der Waals surface area contributed by atoms with Crippen LogP contribution in [0.25, 0.3) is 0 Å². The van der Waals surface area contributed by atoms with Crippen molar-refractivity contribution in [2.45, 2.75) is 38.8 Å². The van der Waals surface area contributed by atoms with Crippen molar-refractivity contribution in [3.05, 3.63) is 70.8 Å². The molecule has 123 valence electrons. The second-order valence-corrected chi connectivity index (χ2v) is 7.25. The standard InChI is InChI=1S/C20H20NO3/c1-19(2)12-13(20(3,4)21(19)24)8-7-11-16-17(22)14-9-5-6-10-15(14)18(16)23/h5-12H,1-4H3/b8-7+. The Balaban J connectivity index is 1.89. The van der Waals surface area contributed by atoms with Gasteiger partial charge in [-0.25, -0.2) is 0 Å². The SMILES string of the molecule is CC1(C)C=C(/C=C/C=C2C(=O)c3ccccc3C2=O)C(C)(C)N1[O]. The number of benzene rings is 1. The Morgan fingerprint density at radius 2 is 1.50 bits per heavy atom. The van der Waals surface area contributed by atoms with Crippen molar-refractivity contribution in [3.8, 4) is 0 Å². The summed E-state index contributed by atoms with van der Waals surface area (Å²) in [4.78, 5) is 24.6. The molecular formula is C20H20NO3. The molecule has 1 aliphatic heterocycles. The average Bonchev–Trinajstić information content (AvgIpc) is 2.86. The number of hydrogen-bond donors (Lipinski definition) is 0. The van der Waals surface area contributed by atoms with Crippen molar-refractivity contribution >= 4 is 11.6 Å². The second kappa shape index (κ2) is 5.36. The Hall–Kier alpha value is -2.30. The Labute approximate surface area is 141 Å². The number of hydroxylamine groups is 2. The van der Waals surface area contributed by atoms with Gasteiger partial charge in [-0.3, -0.25) is 9.59 Å². The van der Waals surface area contributed by atoms with E-state index in [1.165, 1.54) is 0 Å². The van der Waals surface area contributed by atoms with Crippen LogP contribution in [-0.4, -0.2) is 27.7 Å². The van der Waals surface area contributed by atoms with E-state index in [4.69, 9.17) is 0 Å². The maximum atomic E-state index is 12.3. The molecule has 0 fully saturated rings. The summed E-state index contributed by atoms with van der Waals surface area (Å²) < 4.78 is 0. The molecule has 24 heavy (non-hydrogen) atoms. The fourth-order valence-corrected chi connectivity index (χ4v) is 3.38. The van der Waals surface area contributed by atoms with E-state index in [0.29, 0.717) is 11.1 Å². The Bertz CT molecular complexity index is 788. The number of carbonyl (C=O) groups is 2. The first kappa shape index (κ1) is 16.6. The number of fused-ring (bicyclic) bond motifs is 1. The van der Waals surface area contributed by atoms with Crippen LogP contribution in [0.2, 0.25) is 0 Å². The molecule has 1 radical (unpaired) electrons. The number of hydrogen-bond acceptors (Lipinski definition) is 3. The molecule has 0 saturated carbocycles. The van der Waals surface area contributed by atoms with Crippen LogP contribution >= 0.6 is 0 Å². The van der Waals surface area contributed by atoms with Crippen molar-refractivity contribution in [3.63, 3.8) is 0 Å². The van der Waals surface area contributed by atoms with Gasteiger partial charge in [0.05, 0.1) is 16.7 Å².